The van der Waals surface area contributed by atoms with Crippen LogP contribution in [0, 0.1) is 6.92 Å². The number of anilines is 1. The first-order valence-corrected chi connectivity index (χ1v) is 11.7. The van der Waals surface area contributed by atoms with Crippen LogP contribution in [0.3, 0.4) is 0 Å². The third kappa shape index (κ3) is 3.62. The molecular weight excluding hydrogens is 408 g/mol. The number of aromatic nitrogens is 4. The number of hydrogen-bond donors (Lipinski definition) is 0. The quantitative estimate of drug-likeness (QED) is 0.608. The molecule has 1 aliphatic carbocycles. The maximum atomic E-state index is 6.38. The summed E-state index contributed by atoms with van der Waals surface area (Å²) in [6.07, 6.45) is 4.68. The maximum Gasteiger partial charge on any atom is 0.151 e. The highest BCUT2D eigenvalue weighted by molar-refractivity contribution is 6.30. The van der Waals surface area contributed by atoms with E-state index in [9.17, 15) is 0 Å². The number of pyridine rings is 1. The van der Waals surface area contributed by atoms with Crippen LogP contribution in [0.1, 0.15) is 54.5 Å². The van der Waals surface area contributed by atoms with Crippen LogP contribution in [0.5, 0.6) is 0 Å². The van der Waals surface area contributed by atoms with Crippen molar-refractivity contribution in [3.8, 4) is 5.69 Å². The van der Waals surface area contributed by atoms with Crippen LogP contribution in [0.15, 0.2) is 36.4 Å². The summed E-state index contributed by atoms with van der Waals surface area (Å²) in [4.78, 5) is 9.65. The number of aryl methyl sites for hydroxylation is 1. The molecule has 3 aromatic rings. The van der Waals surface area contributed by atoms with Crippen molar-refractivity contribution in [3.05, 3.63) is 64.3 Å². The van der Waals surface area contributed by atoms with Crippen LogP contribution in [-0.4, -0.2) is 43.8 Å². The molecule has 0 radical (unpaired) electrons. The lowest BCUT2D eigenvalue weighted by atomic mass is 9.95. The largest absolute Gasteiger partial charge is 0.357 e. The van der Waals surface area contributed by atoms with Gasteiger partial charge in [-0.25, -0.2) is 4.98 Å². The van der Waals surface area contributed by atoms with E-state index in [1.807, 2.05) is 6.07 Å². The summed E-state index contributed by atoms with van der Waals surface area (Å²) >= 11 is 6.38. The summed E-state index contributed by atoms with van der Waals surface area (Å²) < 4.78 is 2.33. The van der Waals surface area contributed by atoms with Crippen molar-refractivity contribution in [3.63, 3.8) is 0 Å². The van der Waals surface area contributed by atoms with E-state index in [2.05, 4.69) is 56.7 Å². The predicted molar refractivity (Wildman–Crippen MR) is 122 cm³/mol. The number of piperidine rings is 1. The first-order chi connectivity index (χ1) is 15.2. The Hall–Kier alpha value is -2.44. The average Bonchev–Trinajstić information content (AvgIpc) is 3.56. The standard InChI is InChI=1S/C24H27ClN6/c1-16-3-2-4-22(26-16)29-11-9-17(10-12-29)24-28-27-23-15-30(20-6-7-20)14-18-13-19(25)5-8-21(18)31(23)24/h2-5,8,13,17,20H,6-7,9-12,14-15H2,1H3. The van der Waals surface area contributed by atoms with Gasteiger partial charge >= 0.3 is 0 Å². The number of benzene rings is 1. The summed E-state index contributed by atoms with van der Waals surface area (Å²) in [5.74, 6) is 3.65. The Morgan fingerprint density at radius 1 is 0.968 bits per heavy atom. The van der Waals surface area contributed by atoms with Crippen LogP contribution in [0.2, 0.25) is 5.02 Å². The number of halogens is 1. The van der Waals surface area contributed by atoms with Gasteiger partial charge in [-0.15, -0.1) is 10.2 Å². The second-order valence-corrected chi connectivity index (χ2v) is 9.55. The zero-order chi connectivity index (χ0) is 20.9. The van der Waals surface area contributed by atoms with Gasteiger partial charge in [0.05, 0.1) is 12.2 Å². The van der Waals surface area contributed by atoms with E-state index >= 15 is 0 Å². The minimum absolute atomic E-state index is 0.401. The van der Waals surface area contributed by atoms with Crippen LogP contribution >= 0.6 is 11.6 Å². The fraction of sp³-hybridized carbons (Fsp3) is 0.458. The molecular formula is C24H27ClN6. The molecule has 0 unspecified atom stereocenters. The summed E-state index contributed by atoms with van der Waals surface area (Å²) in [7, 11) is 0. The Kier molecular flexibility index (Phi) is 4.73. The third-order valence-electron chi connectivity index (χ3n) is 6.88. The van der Waals surface area contributed by atoms with Crippen LogP contribution in [-0.2, 0) is 13.1 Å². The van der Waals surface area contributed by atoms with Crippen LogP contribution in [0.25, 0.3) is 5.69 Å². The Morgan fingerprint density at radius 3 is 2.58 bits per heavy atom. The highest BCUT2D eigenvalue weighted by Crippen LogP contribution is 2.37. The number of hydrogen-bond acceptors (Lipinski definition) is 5. The average molecular weight is 435 g/mol. The topological polar surface area (TPSA) is 50.1 Å². The zero-order valence-corrected chi connectivity index (χ0v) is 18.6. The van der Waals surface area contributed by atoms with E-state index < -0.39 is 0 Å². The molecule has 0 atom stereocenters. The van der Waals surface area contributed by atoms with Crippen molar-refractivity contribution >= 4 is 17.4 Å². The number of fused-ring (bicyclic) bond motifs is 3. The molecule has 6 nitrogen and oxygen atoms in total. The van der Waals surface area contributed by atoms with Gasteiger partial charge in [0.15, 0.2) is 5.82 Å². The molecule has 6 rings (SSSR count). The molecule has 4 heterocycles. The fourth-order valence-electron chi connectivity index (χ4n) is 5.08. The molecule has 2 fully saturated rings. The molecule has 1 saturated carbocycles. The first-order valence-electron chi connectivity index (χ1n) is 11.3. The Labute approximate surface area is 187 Å². The fourth-order valence-corrected chi connectivity index (χ4v) is 5.28. The van der Waals surface area contributed by atoms with E-state index in [0.29, 0.717) is 12.0 Å². The normalized spacial score (nSPS) is 19.7. The molecule has 1 aromatic carbocycles. The van der Waals surface area contributed by atoms with Gasteiger partial charge in [0, 0.05) is 42.3 Å². The minimum Gasteiger partial charge on any atom is -0.357 e. The summed E-state index contributed by atoms with van der Waals surface area (Å²) in [5.41, 5.74) is 3.55. The molecule has 2 aliphatic heterocycles. The molecule has 3 aliphatic rings. The number of nitrogens with zero attached hydrogens (tertiary/aromatic N) is 6. The highest BCUT2D eigenvalue weighted by Gasteiger charge is 2.35. The molecule has 1 saturated heterocycles. The first kappa shape index (κ1) is 19.3. The molecule has 160 valence electrons. The predicted octanol–water partition coefficient (Wildman–Crippen LogP) is 4.49. The summed E-state index contributed by atoms with van der Waals surface area (Å²) in [6, 6.07) is 13.2. The Balaban J connectivity index is 1.31. The van der Waals surface area contributed by atoms with E-state index in [0.717, 1.165) is 67.2 Å². The molecule has 0 N–H and O–H groups in total. The van der Waals surface area contributed by atoms with Crippen molar-refractivity contribution in [2.75, 3.05) is 18.0 Å². The summed E-state index contributed by atoms with van der Waals surface area (Å²) in [6.45, 7) is 5.82. The van der Waals surface area contributed by atoms with E-state index in [1.54, 1.807) is 0 Å². The molecule has 31 heavy (non-hydrogen) atoms. The maximum absolute atomic E-state index is 6.38. The molecule has 7 heteroatoms. The lowest BCUT2D eigenvalue weighted by Crippen LogP contribution is -2.34. The monoisotopic (exact) mass is 434 g/mol. The molecule has 2 aromatic heterocycles. The van der Waals surface area contributed by atoms with Gasteiger partial charge in [-0.2, -0.15) is 0 Å². The second kappa shape index (κ2) is 7.61. The van der Waals surface area contributed by atoms with Crippen LogP contribution < -0.4 is 4.90 Å². The Morgan fingerprint density at radius 2 is 1.81 bits per heavy atom. The molecule has 0 amide bonds. The van der Waals surface area contributed by atoms with Gasteiger partial charge in [0.1, 0.15) is 11.6 Å². The van der Waals surface area contributed by atoms with Gasteiger partial charge < -0.3 is 4.90 Å². The number of rotatable bonds is 3. The zero-order valence-electron chi connectivity index (χ0n) is 17.8. The third-order valence-corrected chi connectivity index (χ3v) is 7.11. The second-order valence-electron chi connectivity index (χ2n) is 9.12. The minimum atomic E-state index is 0.401. The van der Waals surface area contributed by atoms with E-state index in [-0.39, 0.29) is 0 Å². The molecule has 0 bridgehead atoms. The smallest absolute Gasteiger partial charge is 0.151 e. The van der Waals surface area contributed by atoms with Crippen molar-refractivity contribution < 1.29 is 0 Å². The van der Waals surface area contributed by atoms with Crippen LogP contribution in [0.4, 0.5) is 5.82 Å². The van der Waals surface area contributed by atoms with Crippen molar-refractivity contribution in [2.45, 2.75) is 57.7 Å². The van der Waals surface area contributed by atoms with Gasteiger partial charge in [-0.3, -0.25) is 9.47 Å². The van der Waals surface area contributed by atoms with E-state index in [4.69, 9.17) is 21.7 Å². The Bertz CT molecular complexity index is 1110. The summed E-state index contributed by atoms with van der Waals surface area (Å²) in [5, 5.41) is 10.2. The van der Waals surface area contributed by atoms with Crippen molar-refractivity contribution in [1.82, 2.24) is 24.6 Å². The van der Waals surface area contributed by atoms with Crippen molar-refractivity contribution in [1.29, 1.82) is 0 Å². The van der Waals surface area contributed by atoms with Gasteiger partial charge in [-0.05, 0) is 68.5 Å². The van der Waals surface area contributed by atoms with Gasteiger partial charge in [-0.1, -0.05) is 17.7 Å². The lowest BCUT2D eigenvalue weighted by molar-refractivity contribution is 0.243. The molecule has 0 spiro atoms. The highest BCUT2D eigenvalue weighted by atomic mass is 35.5. The van der Waals surface area contributed by atoms with E-state index in [1.165, 1.54) is 24.1 Å². The van der Waals surface area contributed by atoms with Crippen molar-refractivity contribution in [2.24, 2.45) is 0 Å². The van der Waals surface area contributed by atoms with Gasteiger partial charge in [0.25, 0.3) is 0 Å². The van der Waals surface area contributed by atoms with Gasteiger partial charge in [0.2, 0.25) is 0 Å². The lowest BCUT2D eigenvalue weighted by Gasteiger charge is -2.32. The SMILES string of the molecule is Cc1cccc(N2CCC(c3nnc4n3-c3ccc(Cl)cc3CN(C3CC3)C4)CC2)n1.